The molecule has 2 aromatic carbocycles. The summed E-state index contributed by atoms with van der Waals surface area (Å²) in [5.41, 5.74) is 5.06. The number of aromatic nitrogens is 4. The highest BCUT2D eigenvalue weighted by Gasteiger charge is 2.38. The largest absolute Gasteiger partial charge is 0.276 e. The van der Waals surface area contributed by atoms with E-state index in [-0.39, 0.29) is 11.0 Å². The Morgan fingerprint density at radius 3 is 2.63 bits per heavy atom. The van der Waals surface area contributed by atoms with Gasteiger partial charge in [-0.05, 0) is 42.6 Å². The minimum atomic E-state index is -0.254. The van der Waals surface area contributed by atoms with Crippen molar-refractivity contribution in [2.45, 2.75) is 45.1 Å². The van der Waals surface area contributed by atoms with Crippen molar-refractivity contribution in [3.05, 3.63) is 86.4 Å². The van der Waals surface area contributed by atoms with E-state index in [1.54, 1.807) is 4.57 Å². The van der Waals surface area contributed by atoms with Gasteiger partial charge in [-0.2, -0.15) is 0 Å². The smallest absolute Gasteiger partial charge is 0.259 e. The lowest BCUT2D eigenvalue weighted by Gasteiger charge is -2.36. The Hall–Kier alpha value is -2.99. The number of hydrogen-bond acceptors (Lipinski definition) is 3. The Labute approximate surface area is 180 Å². The average Bonchev–Trinajstić information content (AvgIpc) is 3.15. The zero-order valence-electron chi connectivity index (χ0n) is 17.2. The van der Waals surface area contributed by atoms with Gasteiger partial charge in [-0.3, -0.25) is 13.8 Å². The minimum Gasteiger partial charge on any atom is -0.276 e. The molecule has 30 heavy (non-hydrogen) atoms. The number of aromatic amines is 1. The second kappa shape index (κ2) is 7.06. The van der Waals surface area contributed by atoms with Crippen LogP contribution in [-0.4, -0.2) is 19.2 Å². The highest BCUT2D eigenvalue weighted by molar-refractivity contribution is 7.71. The molecule has 5 rings (SSSR count). The molecule has 2 heterocycles. The SMILES string of the molecule is CC[C@@]1(C)Cc2ccccc2-c2c1c(=O)n(CCc1ccccc1)c1n[nH]c(=S)n21. The molecule has 0 radical (unpaired) electrons. The van der Waals surface area contributed by atoms with E-state index in [1.165, 1.54) is 11.1 Å². The van der Waals surface area contributed by atoms with Crippen molar-refractivity contribution in [3.8, 4) is 11.3 Å². The Kier molecular flexibility index (Phi) is 4.47. The van der Waals surface area contributed by atoms with Crippen LogP contribution >= 0.6 is 12.2 Å². The van der Waals surface area contributed by atoms with Crippen LogP contribution in [-0.2, 0) is 24.8 Å². The van der Waals surface area contributed by atoms with E-state index in [0.29, 0.717) is 17.1 Å². The fourth-order valence-corrected chi connectivity index (χ4v) is 4.93. The van der Waals surface area contributed by atoms with Gasteiger partial charge in [0, 0.05) is 23.1 Å². The fraction of sp³-hybridized carbons (Fsp3) is 0.292. The monoisotopic (exact) mass is 416 g/mol. The van der Waals surface area contributed by atoms with Gasteiger partial charge in [0.2, 0.25) is 10.5 Å². The first-order chi connectivity index (χ1) is 14.5. The molecule has 1 aliphatic carbocycles. The van der Waals surface area contributed by atoms with Gasteiger partial charge in [0.05, 0.1) is 5.69 Å². The normalized spacial score (nSPS) is 17.7. The lowest BCUT2D eigenvalue weighted by Crippen LogP contribution is -2.40. The van der Waals surface area contributed by atoms with Crippen molar-refractivity contribution in [2.24, 2.45) is 0 Å². The summed E-state index contributed by atoms with van der Waals surface area (Å²) in [4.78, 5) is 13.9. The molecule has 5 nitrogen and oxygen atoms in total. The molecule has 0 amide bonds. The zero-order chi connectivity index (χ0) is 20.9. The Balaban J connectivity index is 1.81. The molecule has 2 aromatic heterocycles. The molecule has 0 unspecified atom stereocenters. The molecule has 0 spiro atoms. The van der Waals surface area contributed by atoms with Crippen LogP contribution in [0.4, 0.5) is 0 Å². The second-order valence-electron chi connectivity index (χ2n) is 8.33. The molecule has 1 aliphatic rings. The third-order valence-corrected chi connectivity index (χ3v) is 6.79. The van der Waals surface area contributed by atoms with E-state index in [2.05, 4.69) is 54.4 Å². The van der Waals surface area contributed by atoms with E-state index in [1.807, 2.05) is 28.7 Å². The van der Waals surface area contributed by atoms with E-state index < -0.39 is 0 Å². The number of aryl methyl sites for hydroxylation is 2. The Bertz CT molecular complexity index is 1370. The predicted octanol–water partition coefficient (Wildman–Crippen LogP) is 4.69. The van der Waals surface area contributed by atoms with Gasteiger partial charge in [0.1, 0.15) is 0 Å². The van der Waals surface area contributed by atoms with Crippen molar-refractivity contribution in [2.75, 3.05) is 0 Å². The van der Waals surface area contributed by atoms with Crippen molar-refractivity contribution in [1.82, 2.24) is 19.2 Å². The lowest BCUT2D eigenvalue weighted by atomic mass is 9.69. The summed E-state index contributed by atoms with van der Waals surface area (Å²) in [5, 5.41) is 7.38. The molecule has 0 saturated carbocycles. The minimum absolute atomic E-state index is 0.0429. The summed E-state index contributed by atoms with van der Waals surface area (Å²) in [6.45, 7) is 4.91. The van der Waals surface area contributed by atoms with Crippen molar-refractivity contribution in [3.63, 3.8) is 0 Å². The van der Waals surface area contributed by atoms with Crippen LogP contribution in [0.25, 0.3) is 17.0 Å². The van der Waals surface area contributed by atoms with Crippen LogP contribution in [0.2, 0.25) is 0 Å². The molecular formula is C24H24N4OS. The molecule has 0 saturated heterocycles. The molecule has 1 N–H and O–H groups in total. The van der Waals surface area contributed by atoms with Gasteiger partial charge >= 0.3 is 0 Å². The molecule has 0 bridgehead atoms. The quantitative estimate of drug-likeness (QED) is 0.491. The van der Waals surface area contributed by atoms with E-state index in [4.69, 9.17) is 12.2 Å². The number of H-pyrrole nitrogens is 1. The maximum atomic E-state index is 13.9. The van der Waals surface area contributed by atoms with Crippen LogP contribution in [0.3, 0.4) is 0 Å². The van der Waals surface area contributed by atoms with Crippen LogP contribution in [0.5, 0.6) is 0 Å². The van der Waals surface area contributed by atoms with Gasteiger partial charge < -0.3 is 0 Å². The topological polar surface area (TPSA) is 55.1 Å². The standard InChI is InChI=1S/C24H24N4OS/c1-3-24(2)15-17-11-7-8-12-18(17)20-19(24)21(29)27(22-25-26-23(30)28(20)22)14-13-16-9-5-4-6-10-16/h4-12H,3,13-15H2,1-2H3,(H,26,30)/t24-/m0/s1. The first-order valence-corrected chi connectivity index (χ1v) is 10.8. The number of fused-ring (bicyclic) bond motifs is 5. The number of benzene rings is 2. The van der Waals surface area contributed by atoms with Gasteiger partial charge in [-0.15, -0.1) is 5.10 Å². The van der Waals surface area contributed by atoms with Crippen LogP contribution in [0.1, 0.15) is 37.0 Å². The molecule has 0 aliphatic heterocycles. The predicted molar refractivity (Wildman–Crippen MR) is 122 cm³/mol. The van der Waals surface area contributed by atoms with Crippen molar-refractivity contribution < 1.29 is 0 Å². The number of nitrogens with one attached hydrogen (secondary N) is 1. The molecule has 152 valence electrons. The molecule has 1 atom stereocenters. The van der Waals surface area contributed by atoms with E-state index in [9.17, 15) is 4.79 Å². The summed E-state index contributed by atoms with van der Waals surface area (Å²) < 4.78 is 4.27. The third kappa shape index (κ3) is 2.78. The maximum absolute atomic E-state index is 13.9. The number of nitrogens with zero attached hydrogens (tertiary/aromatic N) is 3. The van der Waals surface area contributed by atoms with Crippen molar-refractivity contribution in [1.29, 1.82) is 0 Å². The maximum Gasteiger partial charge on any atom is 0.259 e. The molecular weight excluding hydrogens is 392 g/mol. The summed E-state index contributed by atoms with van der Waals surface area (Å²) in [6, 6.07) is 18.6. The van der Waals surface area contributed by atoms with Crippen molar-refractivity contribution >= 4 is 18.0 Å². The first-order valence-electron chi connectivity index (χ1n) is 10.4. The van der Waals surface area contributed by atoms with Gasteiger partial charge in [0.15, 0.2) is 0 Å². The average molecular weight is 417 g/mol. The first kappa shape index (κ1) is 19.0. The van der Waals surface area contributed by atoms with Crippen LogP contribution < -0.4 is 5.56 Å². The summed E-state index contributed by atoms with van der Waals surface area (Å²) >= 11 is 5.62. The highest BCUT2D eigenvalue weighted by Crippen LogP contribution is 2.43. The second-order valence-corrected chi connectivity index (χ2v) is 8.72. The Morgan fingerprint density at radius 1 is 1.13 bits per heavy atom. The summed E-state index contributed by atoms with van der Waals surface area (Å²) in [7, 11) is 0. The summed E-state index contributed by atoms with van der Waals surface area (Å²) in [5.74, 6) is 0.579. The van der Waals surface area contributed by atoms with Gasteiger partial charge in [-0.25, -0.2) is 5.10 Å². The highest BCUT2D eigenvalue weighted by atomic mass is 32.1. The number of rotatable bonds is 4. The zero-order valence-corrected chi connectivity index (χ0v) is 18.0. The summed E-state index contributed by atoms with van der Waals surface area (Å²) in [6.07, 6.45) is 2.48. The third-order valence-electron chi connectivity index (χ3n) is 6.52. The fourth-order valence-electron chi connectivity index (χ4n) is 4.71. The van der Waals surface area contributed by atoms with Crippen LogP contribution in [0, 0.1) is 4.77 Å². The van der Waals surface area contributed by atoms with E-state index in [0.717, 1.165) is 36.1 Å². The van der Waals surface area contributed by atoms with Gasteiger partial charge in [-0.1, -0.05) is 68.4 Å². The number of hydrogen-bond donors (Lipinski definition) is 1. The molecule has 4 aromatic rings. The lowest BCUT2D eigenvalue weighted by molar-refractivity contribution is 0.434. The van der Waals surface area contributed by atoms with Gasteiger partial charge in [0.25, 0.3) is 5.56 Å². The molecule has 6 heteroatoms. The molecule has 0 fully saturated rings. The van der Waals surface area contributed by atoms with E-state index >= 15 is 0 Å². The van der Waals surface area contributed by atoms with Crippen LogP contribution in [0.15, 0.2) is 59.4 Å². The Morgan fingerprint density at radius 2 is 1.87 bits per heavy atom.